The zero-order valence-corrected chi connectivity index (χ0v) is 31.6. The first-order chi connectivity index (χ1) is 26.4. The van der Waals surface area contributed by atoms with E-state index >= 15 is 0 Å². The maximum absolute atomic E-state index is 14.1. The van der Waals surface area contributed by atoms with E-state index in [0.29, 0.717) is 51.4 Å². The van der Waals surface area contributed by atoms with E-state index in [1.807, 2.05) is 12.1 Å². The summed E-state index contributed by atoms with van der Waals surface area (Å²) in [6.45, 7) is 11.4. The van der Waals surface area contributed by atoms with Crippen LogP contribution in [0.25, 0.3) is 11.0 Å². The summed E-state index contributed by atoms with van der Waals surface area (Å²) < 4.78 is 64.0. The van der Waals surface area contributed by atoms with Crippen LogP contribution in [0, 0.1) is 5.82 Å². The van der Waals surface area contributed by atoms with Crippen LogP contribution in [0.3, 0.4) is 0 Å². The number of hydrogen-bond acceptors (Lipinski definition) is 7. The summed E-state index contributed by atoms with van der Waals surface area (Å²) in [6.07, 6.45) is -1.87. The number of anilines is 2. The van der Waals surface area contributed by atoms with Crippen LogP contribution in [0.4, 0.5) is 28.9 Å². The second-order valence-electron chi connectivity index (χ2n) is 13.2. The number of carbonyl (C=O) groups excluding carboxylic acids is 1. The van der Waals surface area contributed by atoms with Gasteiger partial charge in [-0.05, 0) is 99.4 Å². The van der Waals surface area contributed by atoms with Gasteiger partial charge in [-0.15, -0.1) is 13.2 Å². The molecular weight excluding hydrogens is 736 g/mol. The third-order valence-electron chi connectivity index (χ3n) is 9.26. The number of aromatic nitrogens is 3. The number of aromatic amines is 1. The minimum Gasteiger partial charge on any atom is -0.473 e. The first-order valence-electron chi connectivity index (χ1n) is 18.0. The molecule has 2 aliphatic rings. The second kappa shape index (κ2) is 19.1. The zero-order chi connectivity index (χ0) is 39.5. The Balaban J connectivity index is 0.000000756. The number of piperidine rings is 1. The van der Waals surface area contributed by atoms with Crippen LogP contribution < -0.4 is 15.4 Å². The lowest BCUT2D eigenvalue weighted by molar-refractivity contribution is -0.127. The Bertz CT molecular complexity index is 2050. The third-order valence-corrected chi connectivity index (χ3v) is 9.49. The zero-order valence-electron chi connectivity index (χ0n) is 30.8. The van der Waals surface area contributed by atoms with Crippen molar-refractivity contribution in [3.05, 3.63) is 125 Å². The fourth-order valence-corrected chi connectivity index (χ4v) is 6.40. The number of fused-ring (bicyclic) bond motifs is 1. The molecule has 2 saturated heterocycles. The minimum absolute atomic E-state index is 0.0438. The molecule has 0 bridgehead atoms. The van der Waals surface area contributed by atoms with Crippen LogP contribution in [-0.2, 0) is 24.3 Å². The van der Waals surface area contributed by atoms with Crippen molar-refractivity contribution in [1.82, 2.24) is 19.9 Å². The lowest BCUT2D eigenvalue weighted by Gasteiger charge is -2.31. The van der Waals surface area contributed by atoms with Crippen LogP contribution in [-0.4, -0.2) is 64.8 Å². The Kier molecular flexibility index (Phi) is 14.3. The molecule has 14 heteroatoms. The summed E-state index contributed by atoms with van der Waals surface area (Å²) in [7, 11) is 1.55. The quantitative estimate of drug-likeness (QED) is 0.0958. The molecule has 4 heterocycles. The van der Waals surface area contributed by atoms with Gasteiger partial charge in [0.15, 0.2) is 0 Å². The van der Waals surface area contributed by atoms with Gasteiger partial charge in [-0.1, -0.05) is 23.7 Å². The smallest absolute Gasteiger partial charge is 0.393 e. The molecule has 2 aliphatic heterocycles. The van der Waals surface area contributed by atoms with Crippen molar-refractivity contribution in [2.75, 3.05) is 37.4 Å². The van der Waals surface area contributed by atoms with Gasteiger partial charge in [-0.2, -0.15) is 13.2 Å². The average Bonchev–Trinajstić information content (AvgIpc) is 3.56. The molecule has 3 aromatic carbocycles. The van der Waals surface area contributed by atoms with E-state index < -0.39 is 24.3 Å². The van der Waals surface area contributed by atoms with Gasteiger partial charge >= 0.3 is 6.18 Å². The number of pyridine rings is 1. The number of rotatable bonds is 10. The lowest BCUT2D eigenvalue weighted by atomic mass is 9.93. The Labute approximate surface area is 323 Å². The van der Waals surface area contributed by atoms with E-state index in [4.69, 9.17) is 26.1 Å². The first kappa shape index (κ1) is 41.2. The van der Waals surface area contributed by atoms with Crippen LogP contribution >= 0.6 is 11.6 Å². The molecule has 55 heavy (non-hydrogen) atoms. The SMILES string of the molecule is C=C.CNc1ccc(NC(=O)c2ccc3nc(CN4CCC(c5cccc(OCc6ccc(Cl)cc6F)n5)CC4)[nH]c3c2)cc1CC(F)(F)F.C[C@@H]1CCO1. The highest BCUT2D eigenvalue weighted by Crippen LogP contribution is 2.30. The average molecular weight is 781 g/mol. The summed E-state index contributed by atoms with van der Waals surface area (Å²) in [6, 6.07) is 19.6. The van der Waals surface area contributed by atoms with Crippen molar-refractivity contribution < 1.29 is 31.8 Å². The number of imidazole rings is 1. The first-order valence-corrected chi connectivity index (χ1v) is 18.4. The molecule has 7 rings (SSSR count). The molecule has 5 aromatic rings. The van der Waals surface area contributed by atoms with Crippen LogP contribution in [0.15, 0.2) is 86.0 Å². The Hall–Kier alpha value is -4.98. The van der Waals surface area contributed by atoms with Crippen molar-refractivity contribution in [2.45, 2.75) is 64.0 Å². The van der Waals surface area contributed by atoms with Crippen molar-refractivity contribution in [2.24, 2.45) is 0 Å². The fourth-order valence-electron chi connectivity index (χ4n) is 6.24. The van der Waals surface area contributed by atoms with Crippen molar-refractivity contribution >= 4 is 39.9 Å². The lowest BCUT2D eigenvalue weighted by Crippen LogP contribution is -2.33. The number of hydrogen-bond donors (Lipinski definition) is 3. The molecule has 3 N–H and O–H groups in total. The molecule has 0 spiro atoms. The number of nitrogens with one attached hydrogen (secondary N) is 3. The van der Waals surface area contributed by atoms with Gasteiger partial charge in [-0.25, -0.2) is 14.4 Å². The third kappa shape index (κ3) is 11.8. The standard InChI is InChI=1S/C35H33ClF4N6O2.C4H8O.C2H4/c1-41-28-10-8-26(15-24(28)18-35(38,39)40)42-34(47)22-6-9-30-31(16-22)44-32(43-30)19-46-13-11-21(12-14-46)29-3-2-4-33(45-29)48-20-23-5-7-25(36)17-27(23)37;1-4-2-3-5-4;1-2/h2-10,15-17,21,41H,11-14,18-20H2,1H3,(H,42,47)(H,43,44);4H,2-3H2,1H3;1-2H2/t;4-;/m.1./s1. The van der Waals surface area contributed by atoms with E-state index in [0.717, 1.165) is 44.1 Å². The maximum atomic E-state index is 14.1. The second-order valence-corrected chi connectivity index (χ2v) is 13.7. The highest BCUT2D eigenvalue weighted by molar-refractivity contribution is 6.30. The Morgan fingerprint density at radius 3 is 2.42 bits per heavy atom. The summed E-state index contributed by atoms with van der Waals surface area (Å²) in [4.78, 5) is 28.0. The molecule has 0 radical (unpaired) electrons. The van der Waals surface area contributed by atoms with Gasteiger partial charge in [0, 0.05) is 58.9 Å². The number of carbonyl (C=O) groups is 1. The maximum Gasteiger partial charge on any atom is 0.393 e. The molecule has 2 aromatic heterocycles. The van der Waals surface area contributed by atoms with Gasteiger partial charge in [0.05, 0.1) is 30.1 Å². The van der Waals surface area contributed by atoms with Crippen molar-refractivity contribution in [3.63, 3.8) is 0 Å². The largest absolute Gasteiger partial charge is 0.473 e. The summed E-state index contributed by atoms with van der Waals surface area (Å²) >= 11 is 5.84. The molecule has 9 nitrogen and oxygen atoms in total. The van der Waals surface area contributed by atoms with Gasteiger partial charge in [0.1, 0.15) is 18.2 Å². The van der Waals surface area contributed by atoms with E-state index in [-0.39, 0.29) is 23.8 Å². The summed E-state index contributed by atoms with van der Waals surface area (Å²) in [5.74, 6) is 0.608. The molecule has 0 unspecified atom stereocenters. The monoisotopic (exact) mass is 780 g/mol. The molecule has 0 saturated carbocycles. The van der Waals surface area contributed by atoms with Gasteiger partial charge in [0.25, 0.3) is 5.91 Å². The number of nitrogens with zero attached hydrogens (tertiary/aromatic N) is 3. The van der Waals surface area contributed by atoms with Crippen molar-refractivity contribution in [1.29, 1.82) is 0 Å². The van der Waals surface area contributed by atoms with E-state index in [1.54, 1.807) is 49.5 Å². The summed E-state index contributed by atoms with van der Waals surface area (Å²) in [5.41, 5.74) is 3.76. The molecule has 2 fully saturated rings. The van der Waals surface area contributed by atoms with E-state index in [9.17, 15) is 22.4 Å². The minimum atomic E-state index is -4.38. The summed E-state index contributed by atoms with van der Waals surface area (Å²) in [5, 5.41) is 5.79. The van der Waals surface area contributed by atoms with Crippen LogP contribution in [0.2, 0.25) is 5.02 Å². The fraction of sp³-hybridized carbons (Fsp3) is 0.341. The van der Waals surface area contributed by atoms with Gasteiger partial charge < -0.3 is 25.1 Å². The number of halogens is 5. The molecule has 1 amide bonds. The Morgan fingerprint density at radius 1 is 1.02 bits per heavy atom. The molecular formula is C41H45ClF4N6O3. The highest BCUT2D eigenvalue weighted by Gasteiger charge is 2.29. The van der Waals surface area contributed by atoms with Crippen LogP contribution in [0.1, 0.15) is 65.1 Å². The van der Waals surface area contributed by atoms with Crippen molar-refractivity contribution in [3.8, 4) is 5.88 Å². The van der Waals surface area contributed by atoms with Gasteiger partial charge in [-0.3, -0.25) is 9.69 Å². The Morgan fingerprint density at radius 2 is 1.76 bits per heavy atom. The predicted molar refractivity (Wildman–Crippen MR) is 208 cm³/mol. The number of ether oxygens (including phenoxy) is 2. The van der Waals surface area contributed by atoms with Crippen LogP contribution in [0.5, 0.6) is 5.88 Å². The van der Waals surface area contributed by atoms with Gasteiger partial charge in [0.2, 0.25) is 5.88 Å². The predicted octanol–water partition coefficient (Wildman–Crippen LogP) is 9.71. The molecule has 0 aliphatic carbocycles. The highest BCUT2D eigenvalue weighted by atomic mass is 35.5. The topological polar surface area (TPSA) is 104 Å². The number of likely N-dealkylation sites (tertiary alicyclic amines) is 1. The molecule has 292 valence electrons. The van der Waals surface area contributed by atoms with E-state index in [1.165, 1.54) is 24.6 Å². The van der Waals surface area contributed by atoms with E-state index in [2.05, 4.69) is 45.6 Å². The normalized spacial score (nSPS) is 15.9. The number of alkyl halides is 3. The number of benzene rings is 3. The molecule has 1 atom stereocenters. The number of H-pyrrole nitrogens is 1. The number of amides is 1.